The largest absolute Gasteiger partial charge is 0.342 e. The van der Waals surface area contributed by atoms with Gasteiger partial charge < -0.3 is 15.2 Å². The van der Waals surface area contributed by atoms with Crippen molar-refractivity contribution in [2.75, 3.05) is 6.54 Å². The molecule has 5 rings (SSSR count). The number of aryl methyl sites for hydroxylation is 1. The van der Waals surface area contributed by atoms with Crippen molar-refractivity contribution < 1.29 is 9.59 Å². The van der Waals surface area contributed by atoms with E-state index < -0.39 is 0 Å². The number of H-pyrrole nitrogens is 1. The topological polar surface area (TPSA) is 78.1 Å². The van der Waals surface area contributed by atoms with Gasteiger partial charge in [0.05, 0.1) is 27.7 Å². The Morgan fingerprint density at radius 2 is 1.92 bits per heavy atom. The molecule has 37 heavy (non-hydrogen) atoms. The van der Waals surface area contributed by atoms with Gasteiger partial charge >= 0.3 is 0 Å². The van der Waals surface area contributed by atoms with E-state index in [0.717, 1.165) is 43.3 Å². The van der Waals surface area contributed by atoms with Crippen LogP contribution in [0.4, 0.5) is 0 Å². The van der Waals surface area contributed by atoms with Crippen molar-refractivity contribution in [1.82, 2.24) is 20.2 Å². The number of nitrogens with zero attached hydrogens (tertiary/aromatic N) is 2. The Kier molecular flexibility index (Phi) is 7.49. The zero-order valence-corrected chi connectivity index (χ0v) is 22.0. The van der Waals surface area contributed by atoms with Crippen LogP contribution >= 0.6 is 23.2 Å². The molecule has 0 radical (unpaired) electrons. The molecule has 1 aliphatic heterocycles. The highest BCUT2D eigenvalue weighted by molar-refractivity contribution is 6.34. The SMILES string of the molecule is CC(NC(=O)c1ccc(C(=O)N2CCCC2CCc2ccccc2)c(Cl)c1)c1nc2ccc(Cl)cc2[nH]1. The molecule has 0 spiro atoms. The minimum absolute atomic E-state index is 0.0816. The normalized spacial score (nSPS) is 16.2. The van der Waals surface area contributed by atoms with Gasteiger partial charge in [0, 0.05) is 23.2 Å². The van der Waals surface area contributed by atoms with Gasteiger partial charge in [-0.2, -0.15) is 0 Å². The summed E-state index contributed by atoms with van der Waals surface area (Å²) in [4.78, 5) is 36.0. The van der Waals surface area contributed by atoms with E-state index in [0.29, 0.717) is 22.0 Å². The predicted molar refractivity (Wildman–Crippen MR) is 147 cm³/mol. The van der Waals surface area contributed by atoms with Gasteiger partial charge in [0.15, 0.2) is 0 Å². The van der Waals surface area contributed by atoms with Crippen LogP contribution in [-0.4, -0.2) is 39.3 Å². The van der Waals surface area contributed by atoms with Gasteiger partial charge in [-0.3, -0.25) is 9.59 Å². The summed E-state index contributed by atoms with van der Waals surface area (Å²) in [5.41, 5.74) is 3.66. The Balaban J connectivity index is 1.24. The summed E-state index contributed by atoms with van der Waals surface area (Å²) in [6.45, 7) is 2.57. The lowest BCUT2D eigenvalue weighted by Gasteiger charge is -2.25. The van der Waals surface area contributed by atoms with Crippen LogP contribution in [0.2, 0.25) is 10.0 Å². The second-order valence-electron chi connectivity index (χ2n) is 9.49. The Morgan fingerprint density at radius 3 is 2.70 bits per heavy atom. The number of halogens is 2. The molecule has 2 heterocycles. The van der Waals surface area contributed by atoms with Crippen LogP contribution in [0.15, 0.2) is 66.7 Å². The fraction of sp³-hybridized carbons (Fsp3) is 0.276. The van der Waals surface area contributed by atoms with Crippen LogP contribution < -0.4 is 5.32 Å². The molecule has 6 nitrogen and oxygen atoms in total. The molecule has 8 heteroatoms. The van der Waals surface area contributed by atoms with Gasteiger partial charge in [0.2, 0.25) is 0 Å². The van der Waals surface area contributed by atoms with E-state index in [1.54, 1.807) is 30.3 Å². The minimum Gasteiger partial charge on any atom is -0.342 e. The lowest BCUT2D eigenvalue weighted by molar-refractivity contribution is 0.0730. The quantitative estimate of drug-likeness (QED) is 0.280. The van der Waals surface area contributed by atoms with Gasteiger partial charge in [-0.05, 0) is 74.6 Å². The molecule has 1 aliphatic rings. The Hall–Kier alpha value is -3.35. The maximum absolute atomic E-state index is 13.4. The molecule has 1 saturated heterocycles. The standard InChI is InChI=1S/C29H28Cl2N4O2/c1-18(27-33-25-14-11-21(30)17-26(25)34-27)32-28(36)20-10-13-23(24(31)16-20)29(37)35-15-5-8-22(35)12-9-19-6-3-2-4-7-19/h2-4,6-7,10-11,13-14,16-18,22H,5,8-9,12,15H2,1H3,(H,32,36)(H,33,34). The first-order valence-corrected chi connectivity index (χ1v) is 13.2. The van der Waals surface area contributed by atoms with Crippen molar-refractivity contribution >= 4 is 46.0 Å². The number of aromatic nitrogens is 2. The molecule has 2 N–H and O–H groups in total. The summed E-state index contributed by atoms with van der Waals surface area (Å²) >= 11 is 12.6. The highest BCUT2D eigenvalue weighted by atomic mass is 35.5. The van der Waals surface area contributed by atoms with Crippen LogP contribution in [0.3, 0.4) is 0 Å². The lowest BCUT2D eigenvalue weighted by Crippen LogP contribution is -2.36. The molecule has 190 valence electrons. The van der Waals surface area contributed by atoms with Crippen LogP contribution in [-0.2, 0) is 6.42 Å². The lowest BCUT2D eigenvalue weighted by atomic mass is 10.0. The third-order valence-electron chi connectivity index (χ3n) is 6.93. The number of likely N-dealkylation sites (tertiary alicyclic amines) is 1. The van der Waals surface area contributed by atoms with Crippen molar-refractivity contribution in [3.8, 4) is 0 Å². The fourth-order valence-corrected chi connectivity index (χ4v) is 5.35. The van der Waals surface area contributed by atoms with Gasteiger partial charge in [-0.25, -0.2) is 4.98 Å². The molecule has 0 saturated carbocycles. The highest BCUT2D eigenvalue weighted by Gasteiger charge is 2.30. The molecule has 0 aliphatic carbocycles. The van der Waals surface area contributed by atoms with E-state index in [9.17, 15) is 9.59 Å². The number of aromatic amines is 1. The molecule has 1 fully saturated rings. The van der Waals surface area contributed by atoms with E-state index in [1.165, 1.54) is 5.56 Å². The average Bonchev–Trinajstić information content (AvgIpc) is 3.54. The summed E-state index contributed by atoms with van der Waals surface area (Å²) in [6, 6.07) is 20.4. The summed E-state index contributed by atoms with van der Waals surface area (Å²) < 4.78 is 0. The third kappa shape index (κ3) is 5.65. The van der Waals surface area contributed by atoms with E-state index in [-0.39, 0.29) is 28.9 Å². The molecule has 3 aromatic carbocycles. The average molecular weight is 535 g/mol. The molecular formula is C29H28Cl2N4O2. The molecule has 0 bridgehead atoms. The summed E-state index contributed by atoms with van der Waals surface area (Å²) in [7, 11) is 0. The predicted octanol–water partition coefficient (Wildman–Crippen LogP) is 6.60. The zero-order chi connectivity index (χ0) is 25.9. The number of hydrogen-bond donors (Lipinski definition) is 2. The number of imidazole rings is 1. The van der Waals surface area contributed by atoms with Crippen LogP contribution in [0.25, 0.3) is 11.0 Å². The minimum atomic E-state index is -0.367. The molecule has 4 aromatic rings. The summed E-state index contributed by atoms with van der Waals surface area (Å²) in [5.74, 6) is 0.245. The number of nitrogens with one attached hydrogen (secondary N) is 2. The van der Waals surface area contributed by atoms with E-state index in [2.05, 4.69) is 27.4 Å². The van der Waals surface area contributed by atoms with Gasteiger partial charge in [-0.1, -0.05) is 53.5 Å². The van der Waals surface area contributed by atoms with E-state index in [4.69, 9.17) is 23.2 Å². The van der Waals surface area contributed by atoms with E-state index >= 15 is 0 Å². The van der Waals surface area contributed by atoms with Crippen LogP contribution in [0.1, 0.15) is 64.3 Å². The second kappa shape index (κ2) is 11.0. The fourth-order valence-electron chi connectivity index (χ4n) is 4.92. The number of carbonyl (C=O) groups excluding carboxylic acids is 2. The Labute approximate surface area is 226 Å². The van der Waals surface area contributed by atoms with Crippen molar-refractivity contribution in [3.63, 3.8) is 0 Å². The number of hydrogen-bond acceptors (Lipinski definition) is 3. The first-order chi connectivity index (χ1) is 17.9. The number of amides is 2. The van der Waals surface area contributed by atoms with Gasteiger partial charge in [0.25, 0.3) is 11.8 Å². The number of fused-ring (bicyclic) bond motifs is 1. The first kappa shape index (κ1) is 25.3. The van der Waals surface area contributed by atoms with Gasteiger partial charge in [0.1, 0.15) is 5.82 Å². The maximum Gasteiger partial charge on any atom is 0.255 e. The highest BCUT2D eigenvalue weighted by Crippen LogP contribution is 2.27. The van der Waals surface area contributed by atoms with Gasteiger partial charge in [-0.15, -0.1) is 0 Å². The van der Waals surface area contributed by atoms with Crippen molar-refractivity contribution in [2.24, 2.45) is 0 Å². The summed E-state index contributed by atoms with van der Waals surface area (Å²) in [6.07, 6.45) is 3.82. The number of carbonyl (C=O) groups is 2. The Morgan fingerprint density at radius 1 is 1.11 bits per heavy atom. The molecule has 2 atom stereocenters. The molecule has 2 unspecified atom stereocenters. The molecule has 1 aromatic heterocycles. The van der Waals surface area contributed by atoms with Crippen molar-refractivity contribution in [1.29, 1.82) is 0 Å². The number of rotatable bonds is 7. The zero-order valence-electron chi connectivity index (χ0n) is 20.5. The maximum atomic E-state index is 13.4. The Bertz CT molecular complexity index is 1440. The van der Waals surface area contributed by atoms with Crippen molar-refractivity contribution in [3.05, 3.63) is 99.3 Å². The molecular weight excluding hydrogens is 507 g/mol. The first-order valence-electron chi connectivity index (χ1n) is 12.5. The molecule has 2 amide bonds. The monoisotopic (exact) mass is 534 g/mol. The number of benzene rings is 3. The summed E-state index contributed by atoms with van der Waals surface area (Å²) in [5, 5.41) is 3.83. The smallest absolute Gasteiger partial charge is 0.255 e. The van der Waals surface area contributed by atoms with Crippen LogP contribution in [0, 0.1) is 0 Å². The third-order valence-corrected chi connectivity index (χ3v) is 7.48. The van der Waals surface area contributed by atoms with Crippen LogP contribution in [0.5, 0.6) is 0 Å². The second-order valence-corrected chi connectivity index (χ2v) is 10.3. The van der Waals surface area contributed by atoms with E-state index in [1.807, 2.05) is 36.1 Å². The van der Waals surface area contributed by atoms with Crippen molar-refractivity contribution in [2.45, 2.75) is 44.7 Å².